The molecular weight excluding hydrogens is 426 g/mol. The molecule has 0 radical (unpaired) electrons. The van der Waals surface area contributed by atoms with Crippen molar-refractivity contribution in [3.8, 4) is 22.9 Å². The number of benzene rings is 1. The molecule has 6 rings (SSSR count). The summed E-state index contributed by atoms with van der Waals surface area (Å²) in [6, 6.07) is 5.87. The third-order valence-electron chi connectivity index (χ3n) is 6.50. The van der Waals surface area contributed by atoms with Crippen LogP contribution >= 0.6 is 0 Å². The van der Waals surface area contributed by atoms with E-state index in [0.29, 0.717) is 46.6 Å². The van der Waals surface area contributed by atoms with E-state index in [1.807, 2.05) is 12.1 Å². The minimum absolute atomic E-state index is 0.136. The van der Waals surface area contributed by atoms with Gasteiger partial charge in [0, 0.05) is 28.6 Å². The van der Waals surface area contributed by atoms with Crippen LogP contribution in [-0.2, 0) is 29.1 Å². The van der Waals surface area contributed by atoms with Crippen LogP contribution in [0.4, 0.5) is 0 Å². The molecule has 0 fully saturated rings. The molecular formula is C24H23N3O6. The molecule has 0 saturated heterocycles. The number of pyridine rings is 2. The molecule has 3 aliphatic rings. The maximum atomic E-state index is 13.3. The number of hydrogen-bond donors (Lipinski definition) is 2. The Labute approximate surface area is 188 Å². The summed E-state index contributed by atoms with van der Waals surface area (Å²) in [5, 5.41) is 14.8. The number of hydrogen-bond acceptors (Lipinski definition) is 8. The van der Waals surface area contributed by atoms with Crippen LogP contribution in [0.15, 0.2) is 23.0 Å². The molecule has 5 heterocycles. The zero-order valence-corrected chi connectivity index (χ0v) is 18.3. The first-order valence-electron chi connectivity index (χ1n) is 11.0. The molecule has 0 spiro atoms. The molecule has 9 nitrogen and oxygen atoms in total. The normalized spacial score (nSPS) is 17.8. The molecule has 3 aromatic rings. The van der Waals surface area contributed by atoms with Crippen molar-refractivity contribution in [3.05, 3.63) is 50.8 Å². The minimum Gasteiger partial charge on any atom is -0.458 e. The summed E-state index contributed by atoms with van der Waals surface area (Å²) in [5.74, 6) is 0.578. The van der Waals surface area contributed by atoms with Gasteiger partial charge in [-0.25, -0.2) is 9.78 Å². The number of aliphatic hydroxyl groups excluding tert-OH is 1. The van der Waals surface area contributed by atoms with Crippen LogP contribution in [0.2, 0.25) is 0 Å². The molecule has 1 aromatic carbocycles. The Morgan fingerprint density at radius 3 is 2.73 bits per heavy atom. The third kappa shape index (κ3) is 3.03. The van der Waals surface area contributed by atoms with Crippen molar-refractivity contribution in [3.63, 3.8) is 0 Å². The van der Waals surface area contributed by atoms with Gasteiger partial charge in [0.1, 0.15) is 6.61 Å². The minimum atomic E-state index is -1.47. The van der Waals surface area contributed by atoms with Crippen molar-refractivity contribution >= 4 is 16.9 Å². The number of carbonyl (C=O) groups excluding carboxylic acids is 1. The summed E-state index contributed by atoms with van der Waals surface area (Å²) in [7, 11) is 0. The summed E-state index contributed by atoms with van der Waals surface area (Å²) in [6.45, 7) is 5.37. The Morgan fingerprint density at radius 1 is 1.15 bits per heavy atom. The average Bonchev–Trinajstić information content (AvgIpc) is 3.39. The van der Waals surface area contributed by atoms with Gasteiger partial charge in [0.25, 0.3) is 5.56 Å². The Morgan fingerprint density at radius 2 is 1.94 bits per heavy atom. The fraction of sp³-hybridized carbons (Fsp3) is 0.375. The predicted molar refractivity (Wildman–Crippen MR) is 118 cm³/mol. The van der Waals surface area contributed by atoms with Crippen molar-refractivity contribution in [2.45, 2.75) is 45.6 Å². The van der Waals surface area contributed by atoms with Crippen molar-refractivity contribution in [2.75, 3.05) is 13.3 Å². The average molecular weight is 449 g/mol. The second-order valence-corrected chi connectivity index (χ2v) is 8.86. The molecule has 0 saturated carbocycles. The van der Waals surface area contributed by atoms with E-state index in [4.69, 9.17) is 19.2 Å². The number of nitrogens with zero attached hydrogens (tertiary/aromatic N) is 2. The predicted octanol–water partition coefficient (Wildman–Crippen LogP) is 1.78. The Bertz CT molecular complexity index is 1390. The van der Waals surface area contributed by atoms with Crippen LogP contribution in [0.5, 0.6) is 11.5 Å². The number of ether oxygens (including phenoxy) is 3. The molecule has 0 bridgehead atoms. The number of rotatable bonds is 4. The van der Waals surface area contributed by atoms with Gasteiger partial charge in [0.15, 0.2) is 17.6 Å². The maximum Gasteiger partial charge on any atom is 0.340 e. The zero-order valence-electron chi connectivity index (χ0n) is 18.3. The second kappa shape index (κ2) is 7.29. The standard InChI is InChI=1S/C24H23N3O6/c1-11(2)25-4-3-12-13-6-19-20(33-10-32-19)7-17(13)26-21-15(12)8-27-18(21)5-14-16(23(27)29)9-31-24(30)22(14)28/h5-7,11,22,25,28H,3-4,8-10H2,1-2H3/t22-/m0/s1. The molecule has 2 aromatic heterocycles. The Hall–Kier alpha value is -3.43. The summed E-state index contributed by atoms with van der Waals surface area (Å²) < 4.78 is 17.8. The molecule has 9 heteroatoms. The Kier molecular flexibility index (Phi) is 4.46. The van der Waals surface area contributed by atoms with E-state index in [-0.39, 0.29) is 19.0 Å². The SMILES string of the molecule is CC(C)NCCc1c2c(nc3cc4c(cc13)OCO4)-c1cc3c(c(=O)n1C2)COC(=O)[C@H]3O. The lowest BCUT2D eigenvalue weighted by atomic mass is 9.96. The summed E-state index contributed by atoms with van der Waals surface area (Å²) in [5.41, 5.74) is 4.43. The van der Waals surface area contributed by atoms with Crippen LogP contribution in [0.1, 0.15) is 42.2 Å². The first kappa shape index (κ1) is 20.2. The summed E-state index contributed by atoms with van der Waals surface area (Å²) in [6.07, 6.45) is -0.730. The van der Waals surface area contributed by atoms with Crippen molar-refractivity contribution in [1.29, 1.82) is 0 Å². The summed E-state index contributed by atoms with van der Waals surface area (Å²) in [4.78, 5) is 30.1. The van der Waals surface area contributed by atoms with Crippen LogP contribution in [-0.4, -0.2) is 40.0 Å². The highest BCUT2D eigenvalue weighted by Crippen LogP contribution is 2.42. The van der Waals surface area contributed by atoms with E-state index < -0.39 is 12.1 Å². The number of nitrogens with one attached hydrogen (secondary N) is 1. The topological polar surface area (TPSA) is 112 Å². The molecule has 0 aliphatic carbocycles. The third-order valence-corrected chi connectivity index (χ3v) is 6.50. The van der Waals surface area contributed by atoms with E-state index in [9.17, 15) is 14.7 Å². The largest absolute Gasteiger partial charge is 0.458 e. The number of esters is 1. The fourth-order valence-corrected chi connectivity index (χ4v) is 4.87. The molecule has 170 valence electrons. The highest BCUT2D eigenvalue weighted by atomic mass is 16.7. The monoisotopic (exact) mass is 449 g/mol. The maximum absolute atomic E-state index is 13.3. The van der Waals surface area contributed by atoms with Gasteiger partial charge >= 0.3 is 5.97 Å². The van der Waals surface area contributed by atoms with E-state index in [1.165, 1.54) is 0 Å². The highest BCUT2D eigenvalue weighted by Gasteiger charge is 2.35. The fourth-order valence-electron chi connectivity index (χ4n) is 4.87. The van der Waals surface area contributed by atoms with Gasteiger partial charge in [-0.1, -0.05) is 13.8 Å². The number of carbonyl (C=O) groups is 1. The quantitative estimate of drug-likeness (QED) is 0.454. The van der Waals surface area contributed by atoms with Gasteiger partial charge in [-0.05, 0) is 30.7 Å². The molecule has 0 unspecified atom stereocenters. The number of aromatic nitrogens is 2. The van der Waals surface area contributed by atoms with E-state index in [1.54, 1.807) is 10.6 Å². The van der Waals surface area contributed by atoms with Crippen LogP contribution in [0, 0.1) is 0 Å². The lowest BCUT2D eigenvalue weighted by Crippen LogP contribution is -2.32. The van der Waals surface area contributed by atoms with E-state index in [0.717, 1.165) is 35.0 Å². The van der Waals surface area contributed by atoms with Gasteiger partial charge in [-0.15, -0.1) is 0 Å². The van der Waals surface area contributed by atoms with Gasteiger partial charge < -0.3 is 29.2 Å². The van der Waals surface area contributed by atoms with Crippen molar-refractivity contribution in [2.24, 2.45) is 0 Å². The second-order valence-electron chi connectivity index (χ2n) is 8.86. The lowest BCUT2D eigenvalue weighted by Gasteiger charge is -2.21. The van der Waals surface area contributed by atoms with Crippen molar-refractivity contribution in [1.82, 2.24) is 14.9 Å². The van der Waals surface area contributed by atoms with Gasteiger partial charge in [-0.3, -0.25) is 4.79 Å². The first-order valence-corrected chi connectivity index (χ1v) is 11.0. The van der Waals surface area contributed by atoms with Crippen LogP contribution in [0.25, 0.3) is 22.3 Å². The smallest absolute Gasteiger partial charge is 0.340 e. The zero-order chi connectivity index (χ0) is 22.9. The van der Waals surface area contributed by atoms with E-state index in [2.05, 4.69) is 19.2 Å². The number of aliphatic hydroxyl groups is 1. The van der Waals surface area contributed by atoms with Crippen LogP contribution in [0.3, 0.4) is 0 Å². The molecule has 1 atom stereocenters. The van der Waals surface area contributed by atoms with Gasteiger partial charge in [0.05, 0.1) is 29.0 Å². The first-order chi connectivity index (χ1) is 15.9. The molecule has 33 heavy (non-hydrogen) atoms. The summed E-state index contributed by atoms with van der Waals surface area (Å²) >= 11 is 0. The van der Waals surface area contributed by atoms with Gasteiger partial charge in [0.2, 0.25) is 6.79 Å². The highest BCUT2D eigenvalue weighted by molar-refractivity contribution is 5.91. The number of cyclic esters (lactones) is 1. The van der Waals surface area contributed by atoms with Crippen LogP contribution < -0.4 is 20.3 Å². The van der Waals surface area contributed by atoms with Gasteiger partial charge in [-0.2, -0.15) is 0 Å². The molecule has 3 aliphatic heterocycles. The Balaban J connectivity index is 1.57. The van der Waals surface area contributed by atoms with Crippen molar-refractivity contribution < 1.29 is 24.1 Å². The number of fused-ring (bicyclic) bond motifs is 6. The molecule has 2 N–H and O–H groups in total. The lowest BCUT2D eigenvalue weighted by molar-refractivity contribution is -0.157. The molecule has 0 amide bonds. The van der Waals surface area contributed by atoms with E-state index >= 15 is 0 Å².